The van der Waals surface area contributed by atoms with Crippen LogP contribution in [0.3, 0.4) is 0 Å². The number of ether oxygens (including phenoxy) is 1. The number of nitrogens with one attached hydrogen (secondary N) is 2. The second-order valence-corrected chi connectivity index (χ2v) is 9.01. The van der Waals surface area contributed by atoms with Crippen LogP contribution < -0.4 is 10.6 Å². The lowest BCUT2D eigenvalue weighted by Gasteiger charge is -2.31. The van der Waals surface area contributed by atoms with E-state index in [1.807, 2.05) is 38.1 Å². The summed E-state index contributed by atoms with van der Waals surface area (Å²) < 4.78 is 5.58. The Morgan fingerprint density at radius 3 is 2.03 bits per heavy atom. The Balaban J connectivity index is 1.38. The lowest BCUT2D eigenvalue weighted by Crippen LogP contribution is -2.53. The van der Waals surface area contributed by atoms with E-state index < -0.39 is 23.0 Å². The maximum atomic E-state index is 13.0. The molecule has 0 radical (unpaired) electrons. The maximum absolute atomic E-state index is 13.0. The molecule has 2 aromatic rings. The fourth-order valence-corrected chi connectivity index (χ4v) is 4.66. The summed E-state index contributed by atoms with van der Waals surface area (Å²) in [5.41, 5.74) is 2.52. The fraction of sp³-hybridized carbons (Fsp3) is 0.423. The van der Waals surface area contributed by atoms with Gasteiger partial charge in [-0.3, -0.25) is 4.79 Å². The minimum absolute atomic E-state index is 0.0427. The number of amides is 2. The first-order valence-electron chi connectivity index (χ1n) is 11.5. The number of hydrogen-bond donors (Lipinski definition) is 3. The zero-order valence-corrected chi connectivity index (χ0v) is 19.0. The molecule has 1 fully saturated rings. The van der Waals surface area contributed by atoms with Crippen molar-refractivity contribution in [1.82, 2.24) is 10.6 Å². The van der Waals surface area contributed by atoms with Gasteiger partial charge >= 0.3 is 12.1 Å². The molecule has 0 spiro atoms. The van der Waals surface area contributed by atoms with Crippen molar-refractivity contribution in [3.63, 3.8) is 0 Å². The molecule has 174 valence electrons. The molecule has 2 aliphatic carbocycles. The van der Waals surface area contributed by atoms with Crippen LogP contribution in [0.5, 0.6) is 0 Å². The summed E-state index contributed by atoms with van der Waals surface area (Å²) in [5.74, 6) is -1.40. The van der Waals surface area contributed by atoms with Crippen molar-refractivity contribution in [2.75, 3.05) is 13.2 Å². The summed E-state index contributed by atoms with van der Waals surface area (Å²) in [6.45, 7) is 4.00. The van der Waals surface area contributed by atoms with E-state index in [-0.39, 0.29) is 25.0 Å². The lowest BCUT2D eigenvalue weighted by molar-refractivity contribution is -0.145. The van der Waals surface area contributed by atoms with E-state index in [1.165, 1.54) is 0 Å². The molecule has 7 heteroatoms. The second-order valence-electron chi connectivity index (χ2n) is 9.01. The molecular formula is C26H30N2O5. The van der Waals surface area contributed by atoms with Crippen LogP contribution in [0.15, 0.2) is 48.5 Å². The number of carbonyl (C=O) groups excluding carboxylic acids is 2. The summed E-state index contributed by atoms with van der Waals surface area (Å²) in [6.07, 6.45) is 1.20. The molecule has 0 saturated heterocycles. The molecule has 2 aromatic carbocycles. The van der Waals surface area contributed by atoms with Crippen LogP contribution in [0.1, 0.15) is 56.6 Å². The number of benzene rings is 2. The van der Waals surface area contributed by atoms with Gasteiger partial charge in [0.1, 0.15) is 12.1 Å². The molecule has 0 aliphatic heterocycles. The quantitative estimate of drug-likeness (QED) is 0.534. The Hall–Kier alpha value is -3.35. The van der Waals surface area contributed by atoms with E-state index in [0.717, 1.165) is 22.3 Å². The SMILES string of the molecule is CCC(CC)(CNC(=O)OCC1c2ccccc2-c2ccccc21)C(=O)NC1(C(=O)O)CC1. The van der Waals surface area contributed by atoms with Gasteiger partial charge in [-0.1, -0.05) is 62.4 Å². The van der Waals surface area contributed by atoms with Gasteiger partial charge in [-0.2, -0.15) is 0 Å². The highest BCUT2D eigenvalue weighted by Gasteiger charge is 2.53. The molecule has 33 heavy (non-hydrogen) atoms. The van der Waals surface area contributed by atoms with Gasteiger partial charge in [0, 0.05) is 12.5 Å². The van der Waals surface area contributed by atoms with Gasteiger partial charge in [-0.05, 0) is 47.9 Å². The normalized spacial score (nSPS) is 15.8. The molecule has 0 bridgehead atoms. The number of alkyl carbamates (subject to hydrolysis) is 1. The van der Waals surface area contributed by atoms with E-state index in [4.69, 9.17) is 4.74 Å². The number of carboxylic acid groups (broad SMARTS) is 1. The average molecular weight is 451 g/mol. The van der Waals surface area contributed by atoms with Crippen molar-refractivity contribution < 1.29 is 24.2 Å². The zero-order valence-electron chi connectivity index (χ0n) is 19.0. The number of aliphatic carboxylic acids is 1. The Morgan fingerprint density at radius 1 is 1.00 bits per heavy atom. The lowest BCUT2D eigenvalue weighted by atomic mass is 9.81. The topological polar surface area (TPSA) is 105 Å². The summed E-state index contributed by atoms with van der Waals surface area (Å²) in [5, 5.41) is 14.8. The first kappa shape index (κ1) is 22.8. The van der Waals surface area contributed by atoms with Crippen LogP contribution in [-0.2, 0) is 14.3 Å². The molecule has 2 amide bonds. The summed E-state index contributed by atoms with van der Waals surface area (Å²) >= 11 is 0. The van der Waals surface area contributed by atoms with Crippen molar-refractivity contribution in [3.05, 3.63) is 59.7 Å². The largest absolute Gasteiger partial charge is 0.480 e. The van der Waals surface area contributed by atoms with E-state index in [9.17, 15) is 19.5 Å². The maximum Gasteiger partial charge on any atom is 0.407 e. The Morgan fingerprint density at radius 2 is 1.55 bits per heavy atom. The molecule has 4 rings (SSSR count). The first-order chi connectivity index (χ1) is 15.9. The van der Waals surface area contributed by atoms with Crippen molar-refractivity contribution in [3.8, 4) is 11.1 Å². The highest BCUT2D eigenvalue weighted by molar-refractivity contribution is 5.92. The van der Waals surface area contributed by atoms with E-state index >= 15 is 0 Å². The standard InChI is InChI=1S/C26H30N2O5/c1-3-25(4-2,22(29)28-26(13-14-26)23(30)31)16-27-24(32)33-15-21-19-11-7-5-9-17(19)18-10-6-8-12-20(18)21/h5-12,21H,3-4,13-16H2,1-2H3,(H,27,32)(H,28,29)(H,30,31). The molecule has 0 atom stereocenters. The monoisotopic (exact) mass is 450 g/mol. The van der Waals surface area contributed by atoms with Gasteiger partial charge in [0.05, 0.1) is 5.41 Å². The molecular weight excluding hydrogens is 420 g/mol. The van der Waals surface area contributed by atoms with Crippen LogP contribution in [0.2, 0.25) is 0 Å². The van der Waals surface area contributed by atoms with Gasteiger partial charge in [0.15, 0.2) is 0 Å². The molecule has 1 saturated carbocycles. The summed E-state index contributed by atoms with van der Waals surface area (Å²) in [4.78, 5) is 37.0. The zero-order chi connectivity index (χ0) is 23.6. The third kappa shape index (κ3) is 4.19. The molecule has 0 unspecified atom stereocenters. The average Bonchev–Trinajstić information content (AvgIpc) is 3.55. The predicted molar refractivity (Wildman–Crippen MR) is 124 cm³/mol. The highest BCUT2D eigenvalue weighted by atomic mass is 16.5. The van der Waals surface area contributed by atoms with Gasteiger partial charge < -0.3 is 20.5 Å². The smallest absolute Gasteiger partial charge is 0.407 e. The van der Waals surface area contributed by atoms with Crippen LogP contribution in [-0.4, -0.2) is 41.8 Å². The van der Waals surface area contributed by atoms with Gasteiger partial charge in [-0.25, -0.2) is 9.59 Å². The number of carboxylic acids is 1. The summed E-state index contributed by atoms with van der Waals surface area (Å²) in [7, 11) is 0. The van der Waals surface area contributed by atoms with Crippen LogP contribution in [0.4, 0.5) is 4.79 Å². The molecule has 3 N–H and O–H groups in total. The molecule has 2 aliphatic rings. The van der Waals surface area contributed by atoms with Crippen molar-refractivity contribution >= 4 is 18.0 Å². The van der Waals surface area contributed by atoms with E-state index in [2.05, 4.69) is 34.9 Å². The van der Waals surface area contributed by atoms with E-state index in [0.29, 0.717) is 25.7 Å². The van der Waals surface area contributed by atoms with Gasteiger partial charge in [0.25, 0.3) is 0 Å². The third-order valence-electron chi connectivity index (χ3n) is 7.26. The number of fused-ring (bicyclic) bond motifs is 3. The van der Waals surface area contributed by atoms with Crippen molar-refractivity contribution in [2.45, 2.75) is 51.0 Å². The number of carbonyl (C=O) groups is 3. The number of rotatable bonds is 9. The van der Waals surface area contributed by atoms with Crippen molar-refractivity contribution in [2.24, 2.45) is 5.41 Å². The minimum atomic E-state index is -1.16. The first-order valence-corrected chi connectivity index (χ1v) is 11.5. The molecule has 0 aromatic heterocycles. The van der Waals surface area contributed by atoms with Gasteiger partial charge in [0.2, 0.25) is 5.91 Å². The third-order valence-corrected chi connectivity index (χ3v) is 7.26. The van der Waals surface area contributed by atoms with E-state index in [1.54, 1.807) is 0 Å². The van der Waals surface area contributed by atoms with Gasteiger partial charge in [-0.15, -0.1) is 0 Å². The fourth-order valence-electron chi connectivity index (χ4n) is 4.66. The molecule has 7 nitrogen and oxygen atoms in total. The summed E-state index contributed by atoms with van der Waals surface area (Å²) in [6, 6.07) is 16.2. The van der Waals surface area contributed by atoms with Crippen LogP contribution >= 0.6 is 0 Å². The Bertz CT molecular complexity index is 1030. The van der Waals surface area contributed by atoms with Crippen LogP contribution in [0, 0.1) is 5.41 Å². The second kappa shape index (κ2) is 8.89. The highest BCUT2D eigenvalue weighted by Crippen LogP contribution is 2.44. The van der Waals surface area contributed by atoms with Crippen LogP contribution in [0.25, 0.3) is 11.1 Å². The number of hydrogen-bond acceptors (Lipinski definition) is 4. The predicted octanol–water partition coefficient (Wildman–Crippen LogP) is 4.06. The molecule has 0 heterocycles. The Labute approximate surface area is 193 Å². The minimum Gasteiger partial charge on any atom is -0.480 e. The van der Waals surface area contributed by atoms with Crippen molar-refractivity contribution in [1.29, 1.82) is 0 Å². The Kier molecular flexibility index (Phi) is 6.15.